The van der Waals surface area contributed by atoms with E-state index in [1.807, 2.05) is 13.8 Å². The highest BCUT2D eigenvalue weighted by Crippen LogP contribution is 2.28. The summed E-state index contributed by atoms with van der Waals surface area (Å²) in [4.78, 5) is 42.1. The summed E-state index contributed by atoms with van der Waals surface area (Å²) in [5.74, 6) is 2.06. The van der Waals surface area contributed by atoms with E-state index < -0.39 is 35.6 Å². The summed E-state index contributed by atoms with van der Waals surface area (Å²) in [6, 6.07) is 11.7. The molecule has 8 heteroatoms. The van der Waals surface area contributed by atoms with Crippen molar-refractivity contribution in [2.75, 3.05) is 19.0 Å². The first-order chi connectivity index (χ1) is 18.4. The summed E-state index contributed by atoms with van der Waals surface area (Å²) in [6.45, 7) is 12.8. The second-order valence-corrected chi connectivity index (χ2v) is 10.1. The Balaban J connectivity index is 2.57. The molecule has 0 bridgehead atoms. The first-order valence-electron chi connectivity index (χ1n) is 12.9. The largest absolute Gasteiger partial charge is 0.497 e. The van der Waals surface area contributed by atoms with E-state index in [9.17, 15) is 14.4 Å². The molecule has 0 aromatic heterocycles. The lowest BCUT2D eigenvalue weighted by molar-refractivity contribution is -0.141. The molecule has 0 aliphatic rings. The molecule has 0 spiro atoms. The summed E-state index contributed by atoms with van der Waals surface area (Å²) in [5, 5.41) is 5.61. The highest BCUT2D eigenvalue weighted by Gasteiger charge is 2.38. The number of nitrogens with zero attached hydrogens (tertiary/aromatic N) is 1. The third-order valence-electron chi connectivity index (χ3n) is 6.09. The predicted octanol–water partition coefficient (Wildman–Crippen LogP) is 5.31. The smallest absolute Gasteiger partial charge is 0.408 e. The number of carbonyl (C=O) groups excluding carboxylic acids is 3. The van der Waals surface area contributed by atoms with Crippen LogP contribution in [0, 0.1) is 18.3 Å². The van der Waals surface area contributed by atoms with E-state index in [-0.39, 0.29) is 12.5 Å². The van der Waals surface area contributed by atoms with Gasteiger partial charge in [-0.1, -0.05) is 50.5 Å². The van der Waals surface area contributed by atoms with Crippen LogP contribution in [0.4, 0.5) is 10.5 Å². The van der Waals surface area contributed by atoms with Gasteiger partial charge >= 0.3 is 6.09 Å². The lowest BCUT2D eigenvalue weighted by Crippen LogP contribution is -2.54. The maximum atomic E-state index is 14.1. The molecule has 0 aliphatic heterocycles. The zero-order chi connectivity index (χ0) is 29.2. The molecule has 0 saturated heterocycles. The maximum Gasteiger partial charge on any atom is 0.408 e. The van der Waals surface area contributed by atoms with Crippen LogP contribution >= 0.6 is 0 Å². The van der Waals surface area contributed by atoms with Crippen LogP contribution in [0.5, 0.6) is 5.75 Å². The monoisotopic (exact) mass is 533 g/mol. The van der Waals surface area contributed by atoms with E-state index in [2.05, 4.69) is 23.1 Å². The minimum absolute atomic E-state index is 0.0291. The van der Waals surface area contributed by atoms with Crippen LogP contribution in [0.3, 0.4) is 0 Å². The van der Waals surface area contributed by atoms with Gasteiger partial charge in [-0.15, -0.1) is 13.0 Å². The number of anilines is 1. The normalized spacial score (nSPS) is 13.2. The molecule has 208 valence electrons. The van der Waals surface area contributed by atoms with Gasteiger partial charge in [-0.2, -0.15) is 0 Å². The van der Waals surface area contributed by atoms with Crippen LogP contribution in [-0.2, 0) is 14.3 Å². The molecule has 8 nitrogen and oxygen atoms in total. The number of alkyl carbamates (subject to hydrolysis) is 1. The van der Waals surface area contributed by atoms with Crippen LogP contribution in [0.25, 0.3) is 0 Å². The standard InChI is InChI=1S/C31H39N3O5/c1-9-20-34(29(36)26(21(4)10-2)33-30(37)39-31(5,6)7)27(25-15-13-12-14-22(25)11-3)28(35)32-23-16-18-24(38-8)19-17-23/h3,9,12-19,21,26-27H,1,10,20H2,2,4-8H3,(H,32,35)(H,33,37). The number of rotatable bonds is 11. The SMILES string of the molecule is C#Cc1ccccc1C(C(=O)Nc1ccc(OC)cc1)N(CC=C)C(=O)C(NC(=O)OC(C)(C)C)C(C)CC. The van der Waals surface area contributed by atoms with E-state index in [1.165, 1.54) is 11.0 Å². The fourth-order valence-electron chi connectivity index (χ4n) is 3.96. The fourth-order valence-corrected chi connectivity index (χ4v) is 3.96. The average molecular weight is 534 g/mol. The lowest BCUT2D eigenvalue weighted by atomic mass is 9.94. The quantitative estimate of drug-likeness (QED) is 0.301. The highest BCUT2D eigenvalue weighted by molar-refractivity contribution is 5.99. The van der Waals surface area contributed by atoms with E-state index in [0.29, 0.717) is 29.0 Å². The summed E-state index contributed by atoms with van der Waals surface area (Å²) in [7, 11) is 1.55. The fraction of sp³-hybridized carbons (Fsp3) is 0.387. The molecule has 0 saturated carbocycles. The van der Waals surface area contributed by atoms with Crippen LogP contribution in [-0.4, -0.2) is 48.1 Å². The van der Waals surface area contributed by atoms with Crippen molar-refractivity contribution in [3.8, 4) is 18.1 Å². The predicted molar refractivity (Wildman–Crippen MR) is 153 cm³/mol. The Morgan fingerprint density at radius 3 is 2.31 bits per heavy atom. The topological polar surface area (TPSA) is 97.0 Å². The number of terminal acetylenes is 1. The number of benzene rings is 2. The van der Waals surface area contributed by atoms with Gasteiger partial charge in [0.25, 0.3) is 5.91 Å². The van der Waals surface area contributed by atoms with Gasteiger partial charge < -0.3 is 25.0 Å². The third-order valence-corrected chi connectivity index (χ3v) is 6.09. The first-order valence-corrected chi connectivity index (χ1v) is 12.9. The van der Waals surface area contributed by atoms with Gasteiger partial charge in [-0.25, -0.2) is 4.79 Å². The second-order valence-electron chi connectivity index (χ2n) is 10.1. The number of nitrogens with one attached hydrogen (secondary N) is 2. The van der Waals surface area contributed by atoms with Crippen LogP contribution in [0.15, 0.2) is 61.2 Å². The third kappa shape index (κ3) is 8.64. The van der Waals surface area contributed by atoms with Crippen LogP contribution < -0.4 is 15.4 Å². The molecule has 2 aromatic rings. The summed E-state index contributed by atoms with van der Waals surface area (Å²) >= 11 is 0. The molecule has 2 aromatic carbocycles. The molecule has 3 unspecified atom stereocenters. The summed E-state index contributed by atoms with van der Waals surface area (Å²) in [5.41, 5.74) is 0.705. The van der Waals surface area contributed by atoms with Crippen molar-refractivity contribution >= 4 is 23.6 Å². The number of hydrogen-bond donors (Lipinski definition) is 2. The number of amides is 3. The van der Waals surface area contributed by atoms with Gasteiger partial charge in [0, 0.05) is 17.8 Å². The van der Waals surface area contributed by atoms with E-state index >= 15 is 0 Å². The minimum atomic E-state index is -1.11. The number of methoxy groups -OCH3 is 1. The summed E-state index contributed by atoms with van der Waals surface area (Å²) < 4.78 is 10.6. The van der Waals surface area contributed by atoms with Gasteiger partial charge in [0.2, 0.25) is 5.91 Å². The minimum Gasteiger partial charge on any atom is -0.497 e. The molecular weight excluding hydrogens is 494 g/mol. The highest BCUT2D eigenvalue weighted by atomic mass is 16.6. The Morgan fingerprint density at radius 2 is 1.77 bits per heavy atom. The number of ether oxygens (including phenoxy) is 2. The molecular formula is C31H39N3O5. The van der Waals surface area contributed by atoms with Gasteiger partial charge in [0.1, 0.15) is 23.4 Å². The second kappa shape index (κ2) is 14.1. The van der Waals surface area contributed by atoms with Crippen molar-refractivity contribution in [1.82, 2.24) is 10.2 Å². The molecule has 0 heterocycles. The van der Waals surface area contributed by atoms with Crippen molar-refractivity contribution in [2.45, 2.75) is 58.7 Å². The number of hydrogen-bond acceptors (Lipinski definition) is 5. The summed E-state index contributed by atoms with van der Waals surface area (Å²) in [6.07, 6.45) is 7.19. The van der Waals surface area contributed by atoms with Crippen molar-refractivity contribution < 1.29 is 23.9 Å². The molecule has 0 radical (unpaired) electrons. The lowest BCUT2D eigenvalue weighted by Gasteiger charge is -2.35. The molecule has 2 N–H and O–H groups in total. The van der Waals surface area contributed by atoms with Crippen molar-refractivity contribution in [3.05, 3.63) is 72.3 Å². The maximum absolute atomic E-state index is 14.1. The van der Waals surface area contributed by atoms with Gasteiger partial charge in [0.05, 0.1) is 7.11 Å². The van der Waals surface area contributed by atoms with Gasteiger partial charge in [0.15, 0.2) is 0 Å². The Kier molecular flexibility index (Phi) is 11.2. The van der Waals surface area contributed by atoms with Gasteiger partial charge in [-0.05, 0) is 62.6 Å². The zero-order valence-corrected chi connectivity index (χ0v) is 23.6. The molecule has 0 aliphatic carbocycles. The van der Waals surface area contributed by atoms with E-state index in [0.717, 1.165) is 0 Å². The molecule has 0 fully saturated rings. The average Bonchev–Trinajstić information content (AvgIpc) is 2.90. The van der Waals surface area contributed by atoms with E-state index in [1.54, 1.807) is 76.4 Å². The molecule has 3 amide bonds. The molecule has 2 rings (SSSR count). The zero-order valence-electron chi connectivity index (χ0n) is 23.6. The van der Waals surface area contributed by atoms with Crippen molar-refractivity contribution in [1.29, 1.82) is 0 Å². The van der Waals surface area contributed by atoms with Gasteiger partial charge in [-0.3, -0.25) is 9.59 Å². The van der Waals surface area contributed by atoms with Crippen molar-refractivity contribution in [2.24, 2.45) is 5.92 Å². The molecule has 3 atom stereocenters. The Morgan fingerprint density at radius 1 is 1.13 bits per heavy atom. The number of carbonyl (C=O) groups is 3. The van der Waals surface area contributed by atoms with Crippen LogP contribution in [0.1, 0.15) is 58.2 Å². The van der Waals surface area contributed by atoms with Crippen LogP contribution in [0.2, 0.25) is 0 Å². The Bertz CT molecular complexity index is 1190. The Hall–Kier alpha value is -4.25. The Labute approximate surface area is 231 Å². The van der Waals surface area contributed by atoms with E-state index in [4.69, 9.17) is 15.9 Å². The first kappa shape index (κ1) is 31.0. The molecule has 39 heavy (non-hydrogen) atoms. The van der Waals surface area contributed by atoms with Crippen molar-refractivity contribution in [3.63, 3.8) is 0 Å².